The largest absolute Gasteiger partial charge is 0.441 e. The maximum absolute atomic E-state index is 11.7. The first-order valence-electron chi connectivity index (χ1n) is 8.43. The number of oxazole rings is 1. The summed E-state index contributed by atoms with van der Waals surface area (Å²) in [7, 11) is 0. The number of amides is 1. The van der Waals surface area contributed by atoms with Crippen LogP contribution in [0.2, 0.25) is 0 Å². The van der Waals surface area contributed by atoms with Gasteiger partial charge < -0.3 is 9.73 Å². The van der Waals surface area contributed by atoms with Crippen molar-refractivity contribution in [2.24, 2.45) is 5.92 Å². The van der Waals surface area contributed by atoms with Gasteiger partial charge in [0.05, 0.1) is 6.20 Å². The van der Waals surface area contributed by atoms with Crippen LogP contribution in [0, 0.1) is 5.92 Å². The number of benzene rings is 1. The minimum absolute atomic E-state index is 0.0882. The fourth-order valence-electron chi connectivity index (χ4n) is 2.58. The molecule has 2 aromatic rings. The molecule has 1 N–H and O–H groups in total. The summed E-state index contributed by atoms with van der Waals surface area (Å²) in [5.41, 5.74) is 2.36. The highest BCUT2D eigenvalue weighted by molar-refractivity contribution is 5.76. The van der Waals surface area contributed by atoms with Crippen molar-refractivity contribution in [2.45, 2.75) is 52.0 Å². The monoisotopic (exact) mass is 312 g/mol. The Bertz CT molecular complexity index is 654. The molecule has 1 saturated carbocycles. The zero-order valence-electron chi connectivity index (χ0n) is 13.8. The van der Waals surface area contributed by atoms with Gasteiger partial charge in [0.15, 0.2) is 11.7 Å². The molecule has 3 rings (SSSR count). The van der Waals surface area contributed by atoms with Crippen LogP contribution < -0.4 is 5.32 Å². The van der Waals surface area contributed by atoms with E-state index >= 15 is 0 Å². The highest BCUT2D eigenvalue weighted by Gasteiger charge is 2.23. The fraction of sp³-hybridized carbons (Fsp3) is 0.474. The third-order valence-corrected chi connectivity index (χ3v) is 3.94. The Hall–Kier alpha value is -2.10. The maximum atomic E-state index is 11.7. The van der Waals surface area contributed by atoms with Gasteiger partial charge in [0.1, 0.15) is 0 Å². The molecule has 0 atom stereocenters. The van der Waals surface area contributed by atoms with Crippen LogP contribution in [-0.2, 0) is 17.6 Å². The summed E-state index contributed by atoms with van der Waals surface area (Å²) in [4.78, 5) is 16.0. The van der Waals surface area contributed by atoms with Crippen molar-refractivity contribution < 1.29 is 9.21 Å². The van der Waals surface area contributed by atoms with Crippen LogP contribution in [0.15, 0.2) is 34.9 Å². The topological polar surface area (TPSA) is 55.1 Å². The zero-order valence-corrected chi connectivity index (χ0v) is 13.8. The Morgan fingerprint density at radius 2 is 2.04 bits per heavy atom. The lowest BCUT2D eigenvalue weighted by atomic mass is 10.0. The van der Waals surface area contributed by atoms with E-state index in [-0.39, 0.29) is 5.91 Å². The van der Waals surface area contributed by atoms with E-state index in [0.717, 1.165) is 30.6 Å². The van der Waals surface area contributed by atoms with Gasteiger partial charge in [-0.15, -0.1) is 0 Å². The van der Waals surface area contributed by atoms with Gasteiger partial charge in [-0.25, -0.2) is 4.98 Å². The molecule has 4 nitrogen and oxygen atoms in total. The summed E-state index contributed by atoms with van der Waals surface area (Å²) in [6, 6.07) is 8.83. The molecular weight excluding hydrogens is 288 g/mol. The summed E-state index contributed by atoms with van der Waals surface area (Å²) in [5.74, 6) is 2.13. The summed E-state index contributed by atoms with van der Waals surface area (Å²) < 4.78 is 5.77. The maximum Gasteiger partial charge on any atom is 0.220 e. The van der Waals surface area contributed by atoms with Gasteiger partial charge in [-0.1, -0.05) is 38.1 Å². The molecule has 0 spiro atoms. The number of aromatic nitrogens is 1. The summed E-state index contributed by atoms with van der Waals surface area (Å²) >= 11 is 0. The lowest BCUT2D eigenvalue weighted by molar-refractivity contribution is -0.121. The van der Waals surface area contributed by atoms with E-state index in [2.05, 4.69) is 48.4 Å². The molecule has 0 unspecified atom stereocenters. The van der Waals surface area contributed by atoms with Crippen LogP contribution >= 0.6 is 0 Å². The molecule has 1 fully saturated rings. The van der Waals surface area contributed by atoms with Crippen LogP contribution in [0.25, 0.3) is 11.3 Å². The number of aryl methyl sites for hydroxylation is 1. The molecule has 4 heteroatoms. The van der Waals surface area contributed by atoms with E-state index < -0.39 is 0 Å². The van der Waals surface area contributed by atoms with E-state index in [0.29, 0.717) is 30.7 Å². The van der Waals surface area contributed by atoms with Crippen molar-refractivity contribution in [2.75, 3.05) is 0 Å². The molecular formula is C19H24N2O2. The first-order chi connectivity index (χ1) is 11.1. The average molecular weight is 312 g/mol. The Balaban J connectivity index is 1.56. The normalized spacial score (nSPS) is 14.2. The predicted octanol–water partition coefficient (Wildman–Crippen LogP) is 3.75. The molecule has 1 heterocycles. The van der Waals surface area contributed by atoms with E-state index in [1.807, 2.05) is 0 Å². The van der Waals surface area contributed by atoms with Gasteiger partial charge in [-0.3, -0.25) is 4.79 Å². The number of nitrogens with zero attached hydrogens (tertiary/aromatic N) is 1. The lowest BCUT2D eigenvalue weighted by Crippen LogP contribution is -2.25. The smallest absolute Gasteiger partial charge is 0.220 e. The number of rotatable bonds is 7. The molecule has 1 aliphatic carbocycles. The summed E-state index contributed by atoms with van der Waals surface area (Å²) in [5, 5.41) is 2.98. The quantitative estimate of drug-likeness (QED) is 0.847. The molecule has 23 heavy (non-hydrogen) atoms. The molecule has 0 saturated heterocycles. The SMILES string of the molecule is CC(C)Cc1ccc(-c2cnc(CCC(=O)NC3CC3)o2)cc1. The second kappa shape index (κ2) is 6.99. The summed E-state index contributed by atoms with van der Waals surface area (Å²) in [6.07, 6.45) is 6.03. The molecule has 1 aromatic carbocycles. The highest BCUT2D eigenvalue weighted by Crippen LogP contribution is 2.22. The van der Waals surface area contributed by atoms with Gasteiger partial charge in [0.25, 0.3) is 0 Å². The Labute approximate surface area is 137 Å². The second-order valence-electron chi connectivity index (χ2n) is 6.75. The van der Waals surface area contributed by atoms with E-state index in [4.69, 9.17) is 4.42 Å². The van der Waals surface area contributed by atoms with Gasteiger partial charge in [0, 0.05) is 24.4 Å². The molecule has 1 amide bonds. The molecule has 122 valence electrons. The van der Waals surface area contributed by atoms with Gasteiger partial charge in [0.2, 0.25) is 5.91 Å². The third kappa shape index (κ3) is 4.68. The first kappa shape index (κ1) is 15.8. The van der Waals surface area contributed by atoms with Crippen molar-refractivity contribution in [3.8, 4) is 11.3 Å². The van der Waals surface area contributed by atoms with Crippen molar-refractivity contribution in [3.63, 3.8) is 0 Å². The van der Waals surface area contributed by atoms with Crippen LogP contribution in [0.4, 0.5) is 0 Å². The van der Waals surface area contributed by atoms with Crippen LogP contribution in [0.1, 0.15) is 44.6 Å². The van der Waals surface area contributed by atoms with Crippen LogP contribution in [0.3, 0.4) is 0 Å². The second-order valence-corrected chi connectivity index (χ2v) is 6.75. The molecule has 1 aliphatic rings. The number of hydrogen-bond acceptors (Lipinski definition) is 3. The predicted molar refractivity (Wildman–Crippen MR) is 90.0 cm³/mol. The Morgan fingerprint density at radius 3 is 2.70 bits per heavy atom. The third-order valence-electron chi connectivity index (χ3n) is 3.94. The Kier molecular flexibility index (Phi) is 4.79. The van der Waals surface area contributed by atoms with Crippen molar-refractivity contribution in [1.82, 2.24) is 10.3 Å². The minimum Gasteiger partial charge on any atom is -0.441 e. The van der Waals surface area contributed by atoms with E-state index in [1.165, 1.54) is 5.56 Å². The van der Waals surface area contributed by atoms with Gasteiger partial charge in [-0.2, -0.15) is 0 Å². The van der Waals surface area contributed by atoms with Crippen molar-refractivity contribution in [1.29, 1.82) is 0 Å². The van der Waals surface area contributed by atoms with E-state index in [9.17, 15) is 4.79 Å². The average Bonchev–Trinajstić information content (AvgIpc) is 3.20. The number of nitrogens with one attached hydrogen (secondary N) is 1. The first-order valence-corrected chi connectivity index (χ1v) is 8.43. The van der Waals surface area contributed by atoms with Crippen LogP contribution in [-0.4, -0.2) is 16.9 Å². The number of carbonyl (C=O) groups is 1. The van der Waals surface area contributed by atoms with Gasteiger partial charge in [-0.05, 0) is 30.7 Å². The van der Waals surface area contributed by atoms with Crippen LogP contribution in [0.5, 0.6) is 0 Å². The highest BCUT2D eigenvalue weighted by atomic mass is 16.4. The van der Waals surface area contributed by atoms with Crippen molar-refractivity contribution in [3.05, 3.63) is 41.9 Å². The standard InChI is InChI=1S/C19H24N2O2/c1-13(2)11-14-3-5-15(6-4-14)17-12-20-19(23-17)10-9-18(22)21-16-7-8-16/h3-6,12-13,16H,7-11H2,1-2H3,(H,21,22). The number of hydrogen-bond donors (Lipinski definition) is 1. The fourth-order valence-corrected chi connectivity index (χ4v) is 2.58. The lowest BCUT2D eigenvalue weighted by Gasteiger charge is -2.05. The van der Waals surface area contributed by atoms with Gasteiger partial charge >= 0.3 is 0 Å². The summed E-state index contributed by atoms with van der Waals surface area (Å²) in [6.45, 7) is 4.44. The molecule has 0 bridgehead atoms. The molecule has 1 aromatic heterocycles. The van der Waals surface area contributed by atoms with Crippen molar-refractivity contribution >= 4 is 5.91 Å². The molecule has 0 radical (unpaired) electrons. The van der Waals surface area contributed by atoms with E-state index in [1.54, 1.807) is 6.20 Å². The zero-order chi connectivity index (χ0) is 16.2. The minimum atomic E-state index is 0.0882. The Morgan fingerprint density at radius 1 is 1.30 bits per heavy atom. The number of carbonyl (C=O) groups excluding carboxylic acids is 1. The molecule has 0 aliphatic heterocycles.